The van der Waals surface area contributed by atoms with E-state index in [1.165, 1.54) is 0 Å². The molecule has 1 aliphatic heterocycles. The summed E-state index contributed by atoms with van der Waals surface area (Å²) >= 11 is 0. The molecule has 2 aromatic rings. The molecule has 0 saturated carbocycles. The van der Waals surface area contributed by atoms with E-state index in [2.05, 4.69) is 16.0 Å². The summed E-state index contributed by atoms with van der Waals surface area (Å²) in [6.07, 6.45) is -0.498. The Balaban J connectivity index is 0.00000261. The molecule has 1 heterocycles. The third-order valence-electron chi connectivity index (χ3n) is 3.98. The van der Waals surface area contributed by atoms with Gasteiger partial charge in [0.25, 0.3) is 11.8 Å². The lowest BCUT2D eigenvalue weighted by atomic mass is 10.1. The van der Waals surface area contributed by atoms with Gasteiger partial charge >= 0.3 is 0 Å². The molecule has 27 heavy (non-hydrogen) atoms. The molecule has 0 bridgehead atoms. The standard InChI is InChI=1S/C19H21N3O4.ClH/c1-25-16-8-6-15(7-9-16)21-18(23)13-2-4-14(5-3-13)22-19(24)17-12-20-10-11-26-17;/h2-9,17,20H,10-12H2,1H3,(H,21,23)(H,22,24);1H/t17-;/m1./s1. The molecule has 3 rings (SSSR count). The summed E-state index contributed by atoms with van der Waals surface area (Å²) in [5.41, 5.74) is 1.79. The Hall–Kier alpha value is -2.61. The third kappa shape index (κ3) is 5.68. The second-order valence-electron chi connectivity index (χ2n) is 5.81. The monoisotopic (exact) mass is 391 g/mol. The molecule has 7 nitrogen and oxygen atoms in total. The summed E-state index contributed by atoms with van der Waals surface area (Å²) in [6, 6.07) is 13.8. The van der Waals surface area contributed by atoms with Crippen molar-refractivity contribution in [3.05, 3.63) is 54.1 Å². The zero-order valence-corrected chi connectivity index (χ0v) is 15.7. The number of carbonyl (C=O) groups excluding carboxylic acids is 2. The molecule has 2 aromatic carbocycles. The van der Waals surface area contributed by atoms with Gasteiger partial charge in [0.1, 0.15) is 11.9 Å². The van der Waals surface area contributed by atoms with Crippen molar-refractivity contribution >= 4 is 35.6 Å². The number of halogens is 1. The molecule has 3 N–H and O–H groups in total. The summed E-state index contributed by atoms with van der Waals surface area (Å²) in [6.45, 7) is 1.76. The number of morpholine rings is 1. The van der Waals surface area contributed by atoms with Gasteiger partial charge < -0.3 is 25.4 Å². The lowest BCUT2D eigenvalue weighted by molar-refractivity contribution is -0.128. The topological polar surface area (TPSA) is 88.7 Å². The molecule has 1 fully saturated rings. The Morgan fingerprint density at radius 1 is 1.04 bits per heavy atom. The normalized spacial score (nSPS) is 16.0. The van der Waals surface area contributed by atoms with E-state index in [1.807, 2.05) is 0 Å². The molecule has 0 spiro atoms. The second kappa shape index (κ2) is 9.91. The maximum absolute atomic E-state index is 12.3. The largest absolute Gasteiger partial charge is 0.497 e. The number of methoxy groups -OCH3 is 1. The first-order chi connectivity index (χ1) is 12.7. The second-order valence-corrected chi connectivity index (χ2v) is 5.81. The minimum atomic E-state index is -0.498. The molecule has 1 aliphatic rings. The van der Waals surface area contributed by atoms with E-state index in [4.69, 9.17) is 9.47 Å². The molecule has 1 atom stereocenters. The van der Waals surface area contributed by atoms with E-state index in [1.54, 1.807) is 55.6 Å². The van der Waals surface area contributed by atoms with Crippen molar-refractivity contribution in [3.8, 4) is 5.75 Å². The fourth-order valence-corrected chi connectivity index (χ4v) is 2.54. The molecule has 144 valence electrons. The smallest absolute Gasteiger partial charge is 0.255 e. The molecule has 0 unspecified atom stereocenters. The van der Waals surface area contributed by atoms with Crippen molar-refractivity contribution < 1.29 is 19.1 Å². The van der Waals surface area contributed by atoms with Gasteiger partial charge in [-0.15, -0.1) is 12.4 Å². The number of rotatable bonds is 5. The summed E-state index contributed by atoms with van der Waals surface area (Å²) in [7, 11) is 1.59. The molecule has 0 radical (unpaired) electrons. The summed E-state index contributed by atoms with van der Waals surface area (Å²) in [5.74, 6) is 0.292. The van der Waals surface area contributed by atoms with Crippen LogP contribution in [0.5, 0.6) is 5.75 Å². The number of nitrogens with one attached hydrogen (secondary N) is 3. The quantitative estimate of drug-likeness (QED) is 0.727. The van der Waals surface area contributed by atoms with E-state index < -0.39 is 6.10 Å². The highest BCUT2D eigenvalue weighted by molar-refractivity contribution is 6.04. The van der Waals surface area contributed by atoms with Crippen LogP contribution in [0.2, 0.25) is 0 Å². The first-order valence-corrected chi connectivity index (χ1v) is 8.34. The average molecular weight is 392 g/mol. The lowest BCUT2D eigenvalue weighted by Gasteiger charge is -2.22. The molecule has 0 aromatic heterocycles. The highest BCUT2D eigenvalue weighted by Crippen LogP contribution is 2.17. The zero-order valence-electron chi connectivity index (χ0n) is 14.9. The van der Waals surface area contributed by atoms with Crippen LogP contribution in [0.3, 0.4) is 0 Å². The third-order valence-corrected chi connectivity index (χ3v) is 3.98. The van der Waals surface area contributed by atoms with Gasteiger partial charge in [-0.25, -0.2) is 0 Å². The lowest BCUT2D eigenvalue weighted by Crippen LogP contribution is -2.45. The van der Waals surface area contributed by atoms with Gasteiger partial charge in [0, 0.05) is 30.0 Å². The summed E-state index contributed by atoms with van der Waals surface area (Å²) in [4.78, 5) is 24.4. The van der Waals surface area contributed by atoms with Gasteiger partial charge in [-0.2, -0.15) is 0 Å². The number of hydrogen-bond donors (Lipinski definition) is 3. The van der Waals surface area contributed by atoms with Gasteiger partial charge in [0.05, 0.1) is 13.7 Å². The number of anilines is 2. The predicted octanol–water partition coefficient (Wildman–Crippen LogP) is 2.30. The minimum absolute atomic E-state index is 0. The Morgan fingerprint density at radius 3 is 2.26 bits per heavy atom. The number of hydrogen-bond acceptors (Lipinski definition) is 5. The van der Waals surface area contributed by atoms with Gasteiger partial charge in [-0.05, 0) is 48.5 Å². The van der Waals surface area contributed by atoms with Crippen molar-refractivity contribution in [1.82, 2.24) is 5.32 Å². The van der Waals surface area contributed by atoms with E-state index in [9.17, 15) is 9.59 Å². The first kappa shape index (κ1) is 20.7. The van der Waals surface area contributed by atoms with Crippen LogP contribution in [-0.2, 0) is 9.53 Å². The molecule has 0 aliphatic carbocycles. The van der Waals surface area contributed by atoms with E-state index in [0.717, 1.165) is 12.3 Å². The van der Waals surface area contributed by atoms with E-state index in [-0.39, 0.29) is 24.2 Å². The zero-order chi connectivity index (χ0) is 18.4. The van der Waals surface area contributed by atoms with Crippen LogP contribution in [0, 0.1) is 0 Å². The number of benzene rings is 2. The van der Waals surface area contributed by atoms with Crippen LogP contribution < -0.4 is 20.7 Å². The Labute approximate surface area is 163 Å². The Morgan fingerprint density at radius 2 is 1.67 bits per heavy atom. The number of amides is 2. The van der Waals surface area contributed by atoms with Crippen molar-refractivity contribution in [3.63, 3.8) is 0 Å². The average Bonchev–Trinajstić information content (AvgIpc) is 2.69. The fourth-order valence-electron chi connectivity index (χ4n) is 2.54. The van der Waals surface area contributed by atoms with Crippen molar-refractivity contribution in [2.75, 3.05) is 37.4 Å². The highest BCUT2D eigenvalue weighted by atomic mass is 35.5. The van der Waals surface area contributed by atoms with Crippen LogP contribution in [-0.4, -0.2) is 44.7 Å². The Bertz CT molecular complexity index is 760. The fraction of sp³-hybridized carbons (Fsp3) is 0.263. The Kier molecular flexibility index (Phi) is 7.60. The van der Waals surface area contributed by atoms with Gasteiger partial charge in [0.15, 0.2) is 0 Å². The number of carbonyl (C=O) groups is 2. The molecule has 2 amide bonds. The van der Waals surface area contributed by atoms with Crippen molar-refractivity contribution in [2.45, 2.75) is 6.10 Å². The van der Waals surface area contributed by atoms with Crippen LogP contribution in [0.15, 0.2) is 48.5 Å². The van der Waals surface area contributed by atoms with Crippen LogP contribution >= 0.6 is 12.4 Å². The van der Waals surface area contributed by atoms with Gasteiger partial charge in [0.2, 0.25) is 0 Å². The van der Waals surface area contributed by atoms with E-state index in [0.29, 0.717) is 30.1 Å². The maximum Gasteiger partial charge on any atom is 0.255 e. The summed E-state index contributed by atoms with van der Waals surface area (Å²) < 4.78 is 10.5. The molecule has 1 saturated heterocycles. The van der Waals surface area contributed by atoms with Crippen LogP contribution in [0.25, 0.3) is 0 Å². The van der Waals surface area contributed by atoms with Crippen LogP contribution in [0.1, 0.15) is 10.4 Å². The van der Waals surface area contributed by atoms with Crippen LogP contribution in [0.4, 0.5) is 11.4 Å². The van der Waals surface area contributed by atoms with Crippen molar-refractivity contribution in [1.29, 1.82) is 0 Å². The summed E-state index contributed by atoms with van der Waals surface area (Å²) in [5, 5.41) is 8.71. The molecule has 8 heteroatoms. The SMILES string of the molecule is COc1ccc(NC(=O)c2ccc(NC(=O)[C@H]3CNCCO3)cc2)cc1.Cl. The molecular weight excluding hydrogens is 370 g/mol. The maximum atomic E-state index is 12.3. The van der Waals surface area contributed by atoms with Gasteiger partial charge in [-0.1, -0.05) is 0 Å². The number of ether oxygens (including phenoxy) is 2. The highest BCUT2D eigenvalue weighted by Gasteiger charge is 2.21. The van der Waals surface area contributed by atoms with E-state index >= 15 is 0 Å². The van der Waals surface area contributed by atoms with Gasteiger partial charge in [-0.3, -0.25) is 9.59 Å². The predicted molar refractivity (Wildman–Crippen MR) is 106 cm³/mol. The first-order valence-electron chi connectivity index (χ1n) is 8.34. The molecular formula is C19H22ClN3O4. The minimum Gasteiger partial charge on any atom is -0.497 e. The van der Waals surface area contributed by atoms with Crippen molar-refractivity contribution in [2.24, 2.45) is 0 Å².